The highest BCUT2D eigenvalue weighted by Crippen LogP contribution is 2.29. The molecule has 1 aromatic carbocycles. The highest BCUT2D eigenvalue weighted by Gasteiger charge is 2.12. The van der Waals surface area contributed by atoms with Crippen LogP contribution < -0.4 is 10.1 Å². The van der Waals surface area contributed by atoms with E-state index < -0.39 is 0 Å². The maximum atomic E-state index is 5.79. The molecule has 0 aliphatic rings. The molecule has 0 aromatic heterocycles. The van der Waals surface area contributed by atoms with Crippen LogP contribution in [-0.4, -0.2) is 13.2 Å². The number of rotatable bonds is 5. The minimum absolute atomic E-state index is 0.0176. The molecule has 0 aliphatic heterocycles. The number of hydrogen-bond acceptors (Lipinski definition) is 2. The first-order chi connectivity index (χ1) is 7.58. The first kappa shape index (κ1) is 13.3. The fraction of sp³-hybridized carbons (Fsp3) is 0.385. The third-order valence-corrected chi connectivity index (χ3v) is 3.01. The Morgan fingerprint density at radius 2 is 2.12 bits per heavy atom. The smallest absolute Gasteiger partial charge is 0.125 e. The molecule has 0 spiro atoms. The van der Waals surface area contributed by atoms with Gasteiger partial charge < -0.3 is 10.1 Å². The monoisotopic (exact) mass is 283 g/mol. The molecule has 1 N–H and O–H groups in total. The van der Waals surface area contributed by atoms with Gasteiger partial charge in [0.25, 0.3) is 0 Å². The lowest BCUT2D eigenvalue weighted by atomic mass is 10.1. The number of ether oxygens (including phenoxy) is 1. The largest absolute Gasteiger partial charge is 0.486 e. The van der Waals surface area contributed by atoms with E-state index in [1.165, 1.54) is 0 Å². The average Bonchev–Trinajstić information content (AvgIpc) is 2.30. The average molecular weight is 284 g/mol. The summed E-state index contributed by atoms with van der Waals surface area (Å²) < 4.78 is 6.85. The third kappa shape index (κ3) is 3.35. The molecule has 16 heavy (non-hydrogen) atoms. The van der Waals surface area contributed by atoms with Crippen LogP contribution in [0.25, 0.3) is 0 Å². The van der Waals surface area contributed by atoms with Gasteiger partial charge in [-0.15, -0.1) is 0 Å². The van der Waals surface area contributed by atoms with Gasteiger partial charge >= 0.3 is 0 Å². The van der Waals surface area contributed by atoms with Crippen molar-refractivity contribution in [2.75, 3.05) is 7.05 Å². The number of nitrogens with one attached hydrogen (secondary N) is 1. The van der Waals surface area contributed by atoms with E-state index in [0.717, 1.165) is 15.8 Å². The first-order valence-electron chi connectivity index (χ1n) is 5.34. The Hall–Kier alpha value is -0.800. The molecule has 0 saturated carbocycles. The number of halogens is 1. The van der Waals surface area contributed by atoms with Crippen molar-refractivity contribution in [2.24, 2.45) is 0 Å². The summed E-state index contributed by atoms with van der Waals surface area (Å²) in [5.74, 6) is 0.900. The van der Waals surface area contributed by atoms with E-state index >= 15 is 0 Å². The van der Waals surface area contributed by atoms with Crippen LogP contribution in [0.1, 0.15) is 25.5 Å². The number of benzene rings is 1. The van der Waals surface area contributed by atoms with Gasteiger partial charge in [0.2, 0.25) is 0 Å². The van der Waals surface area contributed by atoms with E-state index in [9.17, 15) is 0 Å². The summed E-state index contributed by atoms with van der Waals surface area (Å²) in [5, 5.41) is 3.21. The van der Waals surface area contributed by atoms with Crippen molar-refractivity contribution in [2.45, 2.75) is 26.0 Å². The van der Waals surface area contributed by atoms with E-state index in [0.29, 0.717) is 0 Å². The molecule has 0 bridgehead atoms. The Morgan fingerprint density at radius 3 is 2.69 bits per heavy atom. The van der Waals surface area contributed by atoms with Crippen LogP contribution in [-0.2, 0) is 0 Å². The summed E-state index contributed by atoms with van der Waals surface area (Å²) in [4.78, 5) is 0. The lowest BCUT2D eigenvalue weighted by Gasteiger charge is -2.19. The van der Waals surface area contributed by atoms with Gasteiger partial charge in [-0.3, -0.25) is 0 Å². The van der Waals surface area contributed by atoms with Crippen LogP contribution in [0.3, 0.4) is 0 Å². The molecule has 1 rings (SSSR count). The Morgan fingerprint density at radius 1 is 1.44 bits per heavy atom. The zero-order chi connectivity index (χ0) is 12.1. The van der Waals surface area contributed by atoms with Crippen molar-refractivity contribution in [3.8, 4) is 5.75 Å². The fourth-order valence-corrected chi connectivity index (χ4v) is 1.75. The van der Waals surface area contributed by atoms with Crippen LogP contribution in [0, 0.1) is 0 Å². The van der Waals surface area contributed by atoms with Gasteiger partial charge in [-0.2, -0.15) is 0 Å². The molecule has 0 fully saturated rings. The summed E-state index contributed by atoms with van der Waals surface area (Å²) >= 11 is 3.47. The van der Waals surface area contributed by atoms with E-state index in [1.54, 1.807) is 6.08 Å². The normalized spacial score (nSPS) is 14.2. The lowest BCUT2D eigenvalue weighted by molar-refractivity contribution is 0.265. The van der Waals surface area contributed by atoms with Crippen molar-refractivity contribution in [3.05, 3.63) is 40.9 Å². The van der Waals surface area contributed by atoms with Gasteiger partial charge in [-0.05, 0) is 39.1 Å². The minimum atomic E-state index is 0.0176. The van der Waals surface area contributed by atoms with E-state index in [4.69, 9.17) is 4.74 Å². The maximum absolute atomic E-state index is 5.79. The van der Waals surface area contributed by atoms with Crippen molar-refractivity contribution in [1.29, 1.82) is 0 Å². The summed E-state index contributed by atoms with van der Waals surface area (Å²) in [6.45, 7) is 7.80. The fourth-order valence-electron chi connectivity index (χ4n) is 1.37. The van der Waals surface area contributed by atoms with Crippen LogP contribution in [0.2, 0.25) is 0 Å². The van der Waals surface area contributed by atoms with E-state index in [-0.39, 0.29) is 12.1 Å². The predicted octanol–water partition coefficient (Wildman–Crippen LogP) is 3.68. The molecule has 2 atom stereocenters. The van der Waals surface area contributed by atoms with Crippen molar-refractivity contribution in [3.63, 3.8) is 0 Å². The van der Waals surface area contributed by atoms with Gasteiger partial charge in [0.1, 0.15) is 11.9 Å². The van der Waals surface area contributed by atoms with Crippen molar-refractivity contribution < 1.29 is 4.74 Å². The molecule has 0 heterocycles. The molecule has 0 amide bonds. The van der Waals surface area contributed by atoms with Crippen LogP contribution >= 0.6 is 15.9 Å². The molecule has 88 valence electrons. The second kappa shape index (κ2) is 6.06. The Labute approximate surface area is 106 Å². The van der Waals surface area contributed by atoms with Crippen molar-refractivity contribution in [1.82, 2.24) is 5.32 Å². The highest BCUT2D eigenvalue weighted by molar-refractivity contribution is 9.10. The maximum Gasteiger partial charge on any atom is 0.125 e. The number of hydrogen-bond donors (Lipinski definition) is 1. The van der Waals surface area contributed by atoms with Crippen LogP contribution in [0.15, 0.2) is 35.3 Å². The molecular formula is C13H18BrNO. The van der Waals surface area contributed by atoms with Gasteiger partial charge in [-0.25, -0.2) is 0 Å². The van der Waals surface area contributed by atoms with Crippen molar-refractivity contribution >= 4 is 15.9 Å². The second-order valence-corrected chi connectivity index (χ2v) is 4.67. The van der Waals surface area contributed by atoms with Gasteiger partial charge in [0.05, 0.1) is 0 Å². The molecule has 2 nitrogen and oxygen atoms in total. The molecule has 1 aromatic rings. The summed E-state index contributed by atoms with van der Waals surface area (Å²) in [5.41, 5.74) is 1.14. The van der Waals surface area contributed by atoms with E-state index in [2.05, 4.69) is 40.8 Å². The topological polar surface area (TPSA) is 21.3 Å². The highest BCUT2D eigenvalue weighted by atomic mass is 79.9. The van der Waals surface area contributed by atoms with Gasteiger partial charge in [0.15, 0.2) is 0 Å². The predicted molar refractivity (Wildman–Crippen MR) is 71.9 cm³/mol. The Balaban J connectivity index is 3.02. The molecule has 3 heteroatoms. The van der Waals surface area contributed by atoms with E-state index in [1.807, 2.05) is 26.1 Å². The molecule has 0 radical (unpaired) electrons. The zero-order valence-electron chi connectivity index (χ0n) is 9.96. The van der Waals surface area contributed by atoms with Gasteiger partial charge in [-0.1, -0.05) is 28.6 Å². The quantitative estimate of drug-likeness (QED) is 0.833. The molecule has 2 unspecified atom stereocenters. The minimum Gasteiger partial charge on any atom is -0.486 e. The molecule has 0 saturated heterocycles. The molecule has 0 aliphatic carbocycles. The molecular weight excluding hydrogens is 266 g/mol. The van der Waals surface area contributed by atoms with Gasteiger partial charge in [0, 0.05) is 16.1 Å². The summed E-state index contributed by atoms with van der Waals surface area (Å²) in [7, 11) is 1.94. The standard InChI is InChI=1S/C13H18BrNO/c1-5-9(2)16-13-7-6-11(14)8-12(13)10(3)15-4/h5-10,15H,1H2,2-4H3. The third-order valence-electron chi connectivity index (χ3n) is 2.52. The zero-order valence-corrected chi connectivity index (χ0v) is 11.5. The summed E-state index contributed by atoms with van der Waals surface area (Å²) in [6, 6.07) is 6.29. The lowest BCUT2D eigenvalue weighted by Crippen LogP contribution is -2.16. The second-order valence-electron chi connectivity index (χ2n) is 3.75. The SMILES string of the molecule is C=CC(C)Oc1ccc(Br)cc1C(C)NC. The Bertz CT molecular complexity index is 365. The Kier molecular flexibility index (Phi) is 5.03. The van der Waals surface area contributed by atoms with Crippen LogP contribution in [0.5, 0.6) is 5.75 Å². The summed E-state index contributed by atoms with van der Waals surface area (Å²) in [6.07, 6.45) is 1.81. The van der Waals surface area contributed by atoms with Crippen LogP contribution in [0.4, 0.5) is 0 Å². The first-order valence-corrected chi connectivity index (χ1v) is 6.13.